The Labute approximate surface area is 406 Å². The second-order valence-corrected chi connectivity index (χ2v) is 24.0. The molecule has 2 heterocycles. The van der Waals surface area contributed by atoms with E-state index in [0.717, 1.165) is 67.1 Å². The first kappa shape index (κ1) is 46.4. The number of phenolic OH excluding ortho intramolecular Hbond substituents is 1. The average Bonchev–Trinajstić information content (AvgIpc) is 3.69. The van der Waals surface area contributed by atoms with Crippen molar-refractivity contribution in [2.45, 2.75) is 78.6 Å². The molecule has 0 saturated carbocycles. The van der Waals surface area contributed by atoms with Gasteiger partial charge in [0.1, 0.15) is 11.6 Å². The van der Waals surface area contributed by atoms with Gasteiger partial charge in [-0.25, -0.2) is 4.98 Å². The van der Waals surface area contributed by atoms with Crippen molar-refractivity contribution >= 4 is 34.8 Å². The molecule has 0 aliphatic heterocycles. The van der Waals surface area contributed by atoms with E-state index in [1.807, 2.05) is 12.3 Å². The maximum Gasteiger partial charge on any atom is 0.259 e. The van der Waals surface area contributed by atoms with Gasteiger partial charge in [0, 0.05) is 38.5 Å². The van der Waals surface area contributed by atoms with E-state index in [1.54, 1.807) is 0 Å². The third-order valence-electron chi connectivity index (χ3n) is 12.8. The molecule has 66 heavy (non-hydrogen) atoms. The quantitative estimate of drug-likeness (QED) is 0.0937. The molecule has 0 bridgehead atoms. The van der Waals surface area contributed by atoms with Crippen LogP contribution in [0.2, 0.25) is 0 Å². The minimum absolute atomic E-state index is 0. The number of nitrogens with zero attached hydrogens (tertiary/aromatic N) is 3. The van der Waals surface area contributed by atoms with Gasteiger partial charge in [-0.1, -0.05) is 219 Å². The normalized spacial score (nSPS) is 12.3. The largest absolute Gasteiger partial charge is 0.507 e. The molecule has 7 aromatic carbocycles. The first-order valence-corrected chi connectivity index (χ1v) is 24.7. The van der Waals surface area contributed by atoms with Crippen molar-refractivity contribution in [1.29, 1.82) is 0 Å². The van der Waals surface area contributed by atoms with Gasteiger partial charge < -0.3 is 9.34 Å². The Hall–Kier alpha value is -6.13. The van der Waals surface area contributed by atoms with Crippen LogP contribution in [0.5, 0.6) is 5.75 Å². The van der Waals surface area contributed by atoms with Gasteiger partial charge in [0.25, 0.3) is 8.24 Å². The van der Waals surface area contributed by atoms with Crippen LogP contribution in [0.1, 0.15) is 79.0 Å². The molecule has 9 aromatic rings. The SMILES string of the molecule is CC(C)(C)c1cc(-c2cc(-c3ccccc3)ccn2)[c-]c(-c2cccc3c2nc(-c2cc(C(C)(C)C)cc(C(C)(C)C)c2O)n3[Si](c2ccccc2)(c2ccccc2)c2ccccc2)c1.[Pt]. The van der Waals surface area contributed by atoms with Crippen LogP contribution in [0.3, 0.4) is 0 Å². The Kier molecular flexibility index (Phi) is 12.6. The first-order valence-electron chi connectivity index (χ1n) is 22.7. The molecule has 1 N–H and O–H groups in total. The van der Waals surface area contributed by atoms with E-state index in [-0.39, 0.29) is 43.1 Å². The Morgan fingerprint density at radius 1 is 0.500 bits per heavy atom. The van der Waals surface area contributed by atoms with Crippen LogP contribution in [0.25, 0.3) is 55.9 Å². The van der Waals surface area contributed by atoms with Crippen LogP contribution in [0, 0.1) is 6.07 Å². The third-order valence-corrected chi connectivity index (χ3v) is 17.4. The van der Waals surface area contributed by atoms with Crippen LogP contribution >= 0.6 is 0 Å². The molecular weight excluding hydrogens is 1000 g/mol. The van der Waals surface area contributed by atoms with Gasteiger partial charge in [0.15, 0.2) is 0 Å². The van der Waals surface area contributed by atoms with Gasteiger partial charge >= 0.3 is 0 Å². The number of imidazole rings is 1. The van der Waals surface area contributed by atoms with Gasteiger partial charge in [-0.2, -0.15) is 0 Å². The summed E-state index contributed by atoms with van der Waals surface area (Å²) < 4.78 is 2.54. The fraction of sp³-hybridized carbons (Fsp3) is 0.200. The number of benzene rings is 7. The standard InChI is InChI=1S/C60H58N3OSi.Pt/c1-58(2,3)45-36-43(35-44(37-45)53-38-42(33-34-61-53)41-23-14-10-15-24-41)50-31-22-32-54-55(50)62-57(51-39-46(59(4,5)6)40-52(56(51)64)60(7,8)9)63(54)65(47-25-16-11-17-26-47,48-27-18-12-19-28-48)49-29-20-13-21-30-49;/h10-34,36-40,64H,1-9H3;/q-1;. The molecule has 334 valence electrons. The molecule has 9 rings (SSSR count). The van der Waals surface area contributed by atoms with E-state index < -0.39 is 8.24 Å². The topological polar surface area (TPSA) is 50.9 Å². The van der Waals surface area contributed by atoms with Crippen molar-refractivity contribution in [3.8, 4) is 50.6 Å². The van der Waals surface area contributed by atoms with Crippen LogP contribution in [-0.2, 0) is 37.3 Å². The number of para-hydroxylation sites is 1. The molecule has 2 aromatic heterocycles. The molecule has 6 heteroatoms. The number of aromatic nitrogens is 3. The number of phenols is 1. The van der Waals surface area contributed by atoms with Crippen LogP contribution in [0.4, 0.5) is 0 Å². The zero-order chi connectivity index (χ0) is 45.7. The molecule has 0 aliphatic rings. The molecule has 0 amide bonds. The van der Waals surface area contributed by atoms with E-state index in [2.05, 4.69) is 242 Å². The van der Waals surface area contributed by atoms with Crippen molar-refractivity contribution in [2.24, 2.45) is 0 Å². The Morgan fingerprint density at radius 3 is 1.55 bits per heavy atom. The fourth-order valence-electron chi connectivity index (χ4n) is 9.25. The van der Waals surface area contributed by atoms with Crippen molar-refractivity contribution in [2.75, 3.05) is 0 Å². The maximum absolute atomic E-state index is 12.8. The zero-order valence-electron chi connectivity index (χ0n) is 39.4. The fourth-order valence-corrected chi connectivity index (χ4v) is 14.1. The minimum atomic E-state index is -3.33. The summed E-state index contributed by atoms with van der Waals surface area (Å²) in [5.41, 5.74) is 11.0. The van der Waals surface area contributed by atoms with Gasteiger partial charge in [0.05, 0.1) is 16.6 Å². The van der Waals surface area contributed by atoms with Gasteiger partial charge in [0.2, 0.25) is 0 Å². The number of pyridine rings is 1. The number of aromatic hydroxyl groups is 1. The predicted octanol–water partition coefficient (Wildman–Crippen LogP) is 13.0. The maximum atomic E-state index is 12.8. The Morgan fingerprint density at radius 2 is 1.02 bits per heavy atom. The minimum Gasteiger partial charge on any atom is -0.507 e. The molecule has 0 spiro atoms. The number of fused-ring (bicyclic) bond motifs is 1. The molecule has 0 unspecified atom stereocenters. The van der Waals surface area contributed by atoms with Crippen molar-refractivity contribution in [3.63, 3.8) is 0 Å². The molecular formula is C60H58N3OPtSi-. The summed E-state index contributed by atoms with van der Waals surface area (Å²) in [7, 11) is -3.33. The third kappa shape index (κ3) is 8.56. The van der Waals surface area contributed by atoms with Crippen LogP contribution in [-0.4, -0.2) is 27.5 Å². The number of rotatable bonds is 8. The zero-order valence-corrected chi connectivity index (χ0v) is 42.7. The number of hydrogen-bond acceptors (Lipinski definition) is 3. The van der Waals surface area contributed by atoms with Gasteiger partial charge in [-0.05, 0) is 66.7 Å². The molecule has 4 nitrogen and oxygen atoms in total. The summed E-state index contributed by atoms with van der Waals surface area (Å²) in [4.78, 5) is 10.8. The van der Waals surface area contributed by atoms with Crippen LogP contribution in [0.15, 0.2) is 182 Å². The summed E-state index contributed by atoms with van der Waals surface area (Å²) in [5, 5.41) is 16.4. The van der Waals surface area contributed by atoms with Gasteiger partial charge in [-0.3, -0.25) is 4.98 Å². The van der Waals surface area contributed by atoms with E-state index in [9.17, 15) is 5.11 Å². The molecule has 0 atom stereocenters. The molecule has 0 radical (unpaired) electrons. The molecule has 0 saturated heterocycles. The first-order chi connectivity index (χ1) is 31.0. The van der Waals surface area contributed by atoms with E-state index in [1.165, 1.54) is 21.1 Å². The van der Waals surface area contributed by atoms with E-state index in [0.29, 0.717) is 0 Å². The molecule has 0 fully saturated rings. The summed E-state index contributed by atoms with van der Waals surface area (Å²) >= 11 is 0. The summed E-state index contributed by atoms with van der Waals surface area (Å²) in [6, 6.07) is 66.9. The predicted molar refractivity (Wildman–Crippen MR) is 275 cm³/mol. The van der Waals surface area contributed by atoms with E-state index in [4.69, 9.17) is 9.97 Å². The van der Waals surface area contributed by atoms with Crippen molar-refractivity contribution < 1.29 is 26.2 Å². The number of hydrogen-bond donors (Lipinski definition) is 1. The molecule has 0 aliphatic carbocycles. The second-order valence-electron chi connectivity index (χ2n) is 20.4. The van der Waals surface area contributed by atoms with E-state index >= 15 is 0 Å². The van der Waals surface area contributed by atoms with Crippen molar-refractivity contribution in [3.05, 3.63) is 205 Å². The van der Waals surface area contributed by atoms with Crippen molar-refractivity contribution in [1.82, 2.24) is 14.2 Å². The summed E-state index contributed by atoms with van der Waals surface area (Å²) in [6.07, 6.45) is 1.90. The Bertz CT molecular complexity index is 3050. The summed E-state index contributed by atoms with van der Waals surface area (Å²) in [6.45, 7) is 20.0. The van der Waals surface area contributed by atoms with Gasteiger partial charge in [-0.15, -0.1) is 29.3 Å². The smallest absolute Gasteiger partial charge is 0.259 e. The monoisotopic (exact) mass is 1060 g/mol. The van der Waals surface area contributed by atoms with Crippen LogP contribution < -0.4 is 15.6 Å². The second kappa shape index (κ2) is 17.9. The summed E-state index contributed by atoms with van der Waals surface area (Å²) in [5.74, 6) is 0.989. The Balaban J connectivity index is 0.00000592. The average molecular weight is 1060 g/mol.